The van der Waals surface area contributed by atoms with E-state index in [9.17, 15) is 14.5 Å². The van der Waals surface area contributed by atoms with Crippen molar-refractivity contribution in [1.82, 2.24) is 9.88 Å². The molecule has 0 saturated carbocycles. The zero-order valence-corrected chi connectivity index (χ0v) is 14.3. The highest BCUT2D eigenvalue weighted by molar-refractivity contribution is 5.95. The Morgan fingerprint density at radius 3 is 2.96 bits per heavy atom. The molecule has 0 radical (unpaired) electrons. The lowest BCUT2D eigenvalue weighted by atomic mass is 9.95. The molecule has 7 nitrogen and oxygen atoms in total. The van der Waals surface area contributed by atoms with Crippen LogP contribution in [0.2, 0.25) is 0 Å². The maximum absolute atomic E-state index is 12.5. The molecule has 0 saturated heterocycles. The zero-order valence-electron chi connectivity index (χ0n) is 14.3. The molecule has 7 heteroatoms. The first-order valence-corrected chi connectivity index (χ1v) is 8.39. The Hall–Kier alpha value is -2.54. The second-order valence-corrected chi connectivity index (χ2v) is 6.24. The van der Waals surface area contributed by atoms with Gasteiger partial charge in [-0.2, -0.15) is 0 Å². The molecule has 1 aromatic rings. The standard InChI is InChI=1S/C18H21N3O4/c1-3-25-10-12-4-5-15-13(9-12)19-18(23)16-8-11(2)14(21(15)16)6-7-17(22)20-24/h4-5,8-9,13,15H,3,6-7,10H2,1-2H3,(H,19,23). The fourth-order valence-electron chi connectivity index (χ4n) is 3.44. The molecular formula is C18H21N3O4. The van der Waals surface area contributed by atoms with Gasteiger partial charge >= 0.3 is 0 Å². The lowest BCUT2D eigenvalue weighted by molar-refractivity contribution is -0.117. The van der Waals surface area contributed by atoms with E-state index < -0.39 is 5.91 Å². The van der Waals surface area contributed by atoms with E-state index in [2.05, 4.69) is 10.5 Å². The summed E-state index contributed by atoms with van der Waals surface area (Å²) in [7, 11) is 0. The van der Waals surface area contributed by atoms with Crippen LogP contribution in [0, 0.1) is 11.8 Å². The van der Waals surface area contributed by atoms with Crippen molar-refractivity contribution < 1.29 is 14.3 Å². The second-order valence-electron chi connectivity index (χ2n) is 6.24. The summed E-state index contributed by atoms with van der Waals surface area (Å²) in [5.41, 5.74) is 3.43. The molecule has 0 aromatic carbocycles. The van der Waals surface area contributed by atoms with E-state index in [4.69, 9.17) is 4.74 Å². The van der Waals surface area contributed by atoms with Crippen LogP contribution < -0.4 is 5.32 Å². The maximum atomic E-state index is 12.5. The maximum Gasteiger partial charge on any atom is 0.286 e. The number of amides is 2. The molecule has 1 aliphatic carbocycles. The van der Waals surface area contributed by atoms with Crippen LogP contribution in [0.5, 0.6) is 0 Å². The average Bonchev–Trinajstić information content (AvgIpc) is 2.94. The van der Waals surface area contributed by atoms with Crippen molar-refractivity contribution in [3.05, 3.63) is 51.7 Å². The lowest BCUT2D eigenvalue weighted by Gasteiger charge is -2.35. The molecule has 2 amide bonds. The third-order valence-corrected chi connectivity index (χ3v) is 4.61. The van der Waals surface area contributed by atoms with Gasteiger partial charge < -0.3 is 14.6 Å². The molecule has 25 heavy (non-hydrogen) atoms. The Bertz CT molecular complexity index is 776. The van der Waals surface area contributed by atoms with Crippen molar-refractivity contribution in [3.8, 4) is 0 Å². The number of carbonyl (C=O) groups is 2. The first kappa shape index (κ1) is 17.3. The van der Waals surface area contributed by atoms with Gasteiger partial charge in [-0.25, -0.2) is 0 Å². The molecule has 2 aliphatic rings. The van der Waals surface area contributed by atoms with E-state index in [-0.39, 0.29) is 24.4 Å². The van der Waals surface area contributed by atoms with Crippen LogP contribution in [0.3, 0.4) is 0 Å². The van der Waals surface area contributed by atoms with E-state index in [0.29, 0.717) is 25.3 Å². The first-order chi connectivity index (χ1) is 12.0. The number of nitroso groups, excluding NO2 is 1. The molecule has 1 aromatic heterocycles. The molecule has 0 fully saturated rings. The van der Waals surface area contributed by atoms with Gasteiger partial charge in [0.15, 0.2) is 0 Å². The first-order valence-electron chi connectivity index (χ1n) is 8.39. The summed E-state index contributed by atoms with van der Waals surface area (Å²) in [6, 6.07) is 1.61. The molecule has 2 atom stereocenters. The monoisotopic (exact) mass is 343 g/mol. The summed E-state index contributed by atoms with van der Waals surface area (Å²) in [6.07, 6.45) is 6.50. The Balaban J connectivity index is 1.91. The minimum Gasteiger partial charge on any atom is -0.377 e. The lowest BCUT2D eigenvalue weighted by Crippen LogP contribution is -2.47. The minimum atomic E-state index is -0.676. The SMILES string of the molecule is CCOCC1=CC2NC(=O)c3cc(C)c(CCC(=O)N=O)n3C2C=C1. The summed E-state index contributed by atoms with van der Waals surface area (Å²) in [4.78, 5) is 34.1. The number of carbonyl (C=O) groups excluding carboxylic acids is 2. The van der Waals surface area contributed by atoms with Crippen molar-refractivity contribution in [3.63, 3.8) is 0 Å². The van der Waals surface area contributed by atoms with Gasteiger partial charge in [-0.15, -0.1) is 4.91 Å². The Morgan fingerprint density at radius 1 is 1.44 bits per heavy atom. The summed E-state index contributed by atoms with van der Waals surface area (Å²) in [5, 5.41) is 5.47. The van der Waals surface area contributed by atoms with Crippen LogP contribution in [-0.2, 0) is 16.0 Å². The number of nitrogens with one attached hydrogen (secondary N) is 1. The van der Waals surface area contributed by atoms with E-state index >= 15 is 0 Å². The highest BCUT2D eigenvalue weighted by Crippen LogP contribution is 2.32. The normalized spacial score (nSPS) is 21.2. The van der Waals surface area contributed by atoms with Gasteiger partial charge in [-0.3, -0.25) is 9.59 Å². The van der Waals surface area contributed by atoms with Crippen LogP contribution in [0.25, 0.3) is 0 Å². The number of nitrogens with zero attached hydrogens (tertiary/aromatic N) is 2. The van der Waals surface area contributed by atoms with Crippen LogP contribution in [0.15, 0.2) is 35.0 Å². The Morgan fingerprint density at radius 2 is 2.24 bits per heavy atom. The van der Waals surface area contributed by atoms with Gasteiger partial charge in [-0.1, -0.05) is 18.2 Å². The molecular weight excluding hydrogens is 322 g/mol. The van der Waals surface area contributed by atoms with Crippen molar-refractivity contribution in [1.29, 1.82) is 0 Å². The highest BCUT2D eigenvalue weighted by Gasteiger charge is 2.34. The minimum absolute atomic E-state index is 0.0436. The summed E-state index contributed by atoms with van der Waals surface area (Å²) in [6.45, 7) is 4.99. The quantitative estimate of drug-likeness (QED) is 0.802. The molecule has 1 aliphatic heterocycles. The molecule has 0 bridgehead atoms. The van der Waals surface area contributed by atoms with Gasteiger partial charge in [0.05, 0.1) is 18.7 Å². The number of fused-ring (bicyclic) bond motifs is 3. The predicted octanol–water partition coefficient (Wildman–Crippen LogP) is 2.21. The fourth-order valence-corrected chi connectivity index (χ4v) is 3.44. The van der Waals surface area contributed by atoms with Crippen molar-refractivity contribution in [2.24, 2.45) is 5.18 Å². The largest absolute Gasteiger partial charge is 0.377 e. The number of aryl methyl sites for hydroxylation is 1. The topological polar surface area (TPSA) is 89.8 Å². The van der Waals surface area contributed by atoms with Crippen LogP contribution >= 0.6 is 0 Å². The predicted molar refractivity (Wildman–Crippen MR) is 92.3 cm³/mol. The van der Waals surface area contributed by atoms with Gasteiger partial charge in [0.1, 0.15) is 5.69 Å². The molecule has 3 rings (SSSR count). The number of hydrogen-bond acceptors (Lipinski definition) is 4. The molecule has 1 N–H and O–H groups in total. The fraction of sp³-hybridized carbons (Fsp3) is 0.444. The van der Waals surface area contributed by atoms with Gasteiger partial charge in [0.2, 0.25) is 0 Å². The van der Waals surface area contributed by atoms with Crippen LogP contribution in [0.4, 0.5) is 0 Å². The summed E-state index contributed by atoms with van der Waals surface area (Å²) < 4.78 is 7.41. The third kappa shape index (κ3) is 3.32. The molecule has 132 valence electrons. The molecule has 2 unspecified atom stereocenters. The average molecular weight is 343 g/mol. The smallest absolute Gasteiger partial charge is 0.286 e. The number of ether oxygens (including phenoxy) is 1. The number of rotatable bonds is 6. The second kappa shape index (κ2) is 7.14. The number of aromatic nitrogens is 1. The van der Waals surface area contributed by atoms with Crippen molar-refractivity contribution >= 4 is 11.8 Å². The van der Waals surface area contributed by atoms with Crippen LogP contribution in [-0.4, -0.2) is 35.6 Å². The summed E-state index contributed by atoms with van der Waals surface area (Å²) >= 11 is 0. The van der Waals surface area contributed by atoms with E-state index in [1.807, 2.05) is 42.7 Å². The Labute approximate surface area is 145 Å². The van der Waals surface area contributed by atoms with E-state index in [1.165, 1.54) is 0 Å². The zero-order chi connectivity index (χ0) is 18.0. The number of hydrogen-bond donors (Lipinski definition) is 1. The highest BCUT2D eigenvalue weighted by atomic mass is 16.5. The molecule has 0 spiro atoms. The van der Waals surface area contributed by atoms with Gasteiger partial charge in [0, 0.05) is 23.9 Å². The van der Waals surface area contributed by atoms with Gasteiger partial charge in [-0.05, 0) is 37.5 Å². The van der Waals surface area contributed by atoms with Crippen molar-refractivity contribution in [2.45, 2.75) is 38.8 Å². The van der Waals surface area contributed by atoms with E-state index in [1.54, 1.807) is 0 Å². The van der Waals surface area contributed by atoms with Gasteiger partial charge in [0.25, 0.3) is 11.8 Å². The van der Waals surface area contributed by atoms with Crippen LogP contribution in [0.1, 0.15) is 41.1 Å². The Kier molecular flexibility index (Phi) is 4.94. The molecule has 2 heterocycles. The van der Waals surface area contributed by atoms with E-state index in [0.717, 1.165) is 16.8 Å². The van der Waals surface area contributed by atoms with Crippen molar-refractivity contribution in [2.75, 3.05) is 13.2 Å². The summed E-state index contributed by atoms with van der Waals surface area (Å²) in [5.74, 6) is -0.817. The third-order valence-electron chi connectivity index (χ3n) is 4.61.